The van der Waals surface area contributed by atoms with Gasteiger partial charge in [-0.25, -0.2) is 0 Å². The van der Waals surface area contributed by atoms with E-state index >= 15 is 0 Å². The second-order valence-electron chi connectivity index (χ2n) is 2.58. The van der Waals surface area contributed by atoms with Crippen molar-refractivity contribution >= 4 is 10.9 Å². The van der Waals surface area contributed by atoms with Crippen molar-refractivity contribution < 1.29 is 0 Å². The topological polar surface area (TPSA) is 4.93 Å². The van der Waals surface area contributed by atoms with Crippen LogP contribution in [0.25, 0.3) is 10.9 Å². The molecular weight excluding hydrogens is 134 g/mol. The average molecular weight is 144 g/mol. The first-order valence-corrected chi connectivity index (χ1v) is 3.87. The molecule has 55 valence electrons. The normalized spacial score (nSPS) is 10.6. The zero-order valence-corrected chi connectivity index (χ0v) is 6.54. The Bertz CT molecular complexity index is 360. The second kappa shape index (κ2) is 2.42. The molecule has 0 aliphatic heterocycles. The number of aryl methyl sites for hydroxylation is 1. The van der Waals surface area contributed by atoms with Crippen molar-refractivity contribution in [3.63, 3.8) is 0 Å². The van der Waals surface area contributed by atoms with E-state index in [1.807, 2.05) is 12.3 Å². The number of aromatic nitrogens is 1. The highest BCUT2D eigenvalue weighted by atomic mass is 14.9. The van der Waals surface area contributed by atoms with Crippen LogP contribution in [0.1, 0.15) is 6.92 Å². The summed E-state index contributed by atoms with van der Waals surface area (Å²) in [5.74, 6) is 0. The molecule has 1 aromatic carbocycles. The predicted octanol–water partition coefficient (Wildman–Crippen LogP) is 2.46. The molecule has 1 aromatic heterocycles. The fraction of sp³-hybridized carbons (Fsp3) is 0.200. The van der Waals surface area contributed by atoms with Crippen LogP contribution < -0.4 is 0 Å². The van der Waals surface area contributed by atoms with E-state index in [9.17, 15) is 0 Å². The highest BCUT2D eigenvalue weighted by Crippen LogP contribution is 2.13. The molecule has 0 saturated carbocycles. The van der Waals surface area contributed by atoms with E-state index in [1.54, 1.807) is 0 Å². The molecule has 1 nitrogen and oxygen atoms in total. The van der Waals surface area contributed by atoms with Gasteiger partial charge in [0.2, 0.25) is 0 Å². The van der Waals surface area contributed by atoms with Gasteiger partial charge in [0.25, 0.3) is 0 Å². The number of fused-ring (bicyclic) bond motifs is 1. The van der Waals surface area contributed by atoms with Crippen LogP contribution in [0, 0.1) is 6.07 Å². The van der Waals surface area contributed by atoms with E-state index in [4.69, 9.17) is 0 Å². The molecule has 0 bridgehead atoms. The molecule has 0 spiro atoms. The van der Waals surface area contributed by atoms with E-state index in [0.29, 0.717) is 0 Å². The average Bonchev–Trinajstić information content (AvgIpc) is 2.47. The maximum atomic E-state index is 3.20. The summed E-state index contributed by atoms with van der Waals surface area (Å²) in [4.78, 5) is 0. The summed E-state index contributed by atoms with van der Waals surface area (Å²) in [6, 6.07) is 11.5. The Morgan fingerprint density at radius 3 is 3.00 bits per heavy atom. The molecule has 1 heteroatoms. The van der Waals surface area contributed by atoms with Gasteiger partial charge in [0.1, 0.15) is 0 Å². The number of hydrogen-bond acceptors (Lipinski definition) is 0. The summed E-state index contributed by atoms with van der Waals surface area (Å²) < 4.78 is 2.19. The molecule has 0 unspecified atom stereocenters. The number of para-hydroxylation sites is 1. The maximum absolute atomic E-state index is 3.20. The summed E-state index contributed by atoms with van der Waals surface area (Å²) in [5.41, 5.74) is 1.27. The van der Waals surface area contributed by atoms with Crippen molar-refractivity contribution in [3.8, 4) is 0 Å². The highest BCUT2D eigenvalue weighted by molar-refractivity contribution is 5.79. The van der Waals surface area contributed by atoms with Gasteiger partial charge in [-0.15, -0.1) is 0 Å². The van der Waals surface area contributed by atoms with Crippen molar-refractivity contribution in [2.75, 3.05) is 0 Å². The van der Waals surface area contributed by atoms with E-state index in [0.717, 1.165) is 6.54 Å². The van der Waals surface area contributed by atoms with Gasteiger partial charge in [-0.2, -0.15) is 0 Å². The Hall–Kier alpha value is -1.24. The summed E-state index contributed by atoms with van der Waals surface area (Å²) in [5, 5.41) is 1.20. The van der Waals surface area contributed by atoms with Gasteiger partial charge >= 0.3 is 0 Å². The quantitative estimate of drug-likeness (QED) is 0.579. The van der Waals surface area contributed by atoms with Crippen molar-refractivity contribution in [1.82, 2.24) is 4.57 Å². The van der Waals surface area contributed by atoms with Crippen molar-refractivity contribution in [1.29, 1.82) is 0 Å². The van der Waals surface area contributed by atoms with Gasteiger partial charge in [-0.05, 0) is 13.0 Å². The minimum absolute atomic E-state index is 1.02. The lowest BCUT2D eigenvalue weighted by Gasteiger charge is -1.97. The number of hydrogen-bond donors (Lipinski definition) is 0. The minimum atomic E-state index is 1.02. The molecule has 1 heterocycles. The molecule has 11 heavy (non-hydrogen) atoms. The van der Waals surface area contributed by atoms with Gasteiger partial charge < -0.3 is 4.57 Å². The molecule has 0 saturated heterocycles. The fourth-order valence-electron chi connectivity index (χ4n) is 1.32. The summed E-state index contributed by atoms with van der Waals surface area (Å²) in [6.07, 6.45) is 2.00. The second-order valence-corrected chi connectivity index (χ2v) is 2.58. The highest BCUT2D eigenvalue weighted by Gasteiger charge is 1.95. The predicted molar refractivity (Wildman–Crippen MR) is 46.4 cm³/mol. The molecule has 0 amide bonds. The van der Waals surface area contributed by atoms with Gasteiger partial charge in [-0.3, -0.25) is 0 Å². The van der Waals surface area contributed by atoms with Crippen molar-refractivity contribution in [3.05, 3.63) is 36.5 Å². The Kier molecular flexibility index (Phi) is 1.42. The van der Waals surface area contributed by atoms with Crippen molar-refractivity contribution in [2.24, 2.45) is 0 Å². The van der Waals surface area contributed by atoms with E-state index in [1.165, 1.54) is 10.9 Å². The van der Waals surface area contributed by atoms with Crippen LogP contribution in [0.4, 0.5) is 0 Å². The molecule has 1 radical (unpaired) electrons. The third-order valence-electron chi connectivity index (χ3n) is 1.93. The van der Waals surface area contributed by atoms with E-state index < -0.39 is 0 Å². The largest absolute Gasteiger partial charge is 0.347 e. The van der Waals surface area contributed by atoms with Crippen LogP contribution in [0.15, 0.2) is 30.5 Å². The third-order valence-corrected chi connectivity index (χ3v) is 1.93. The standard InChI is InChI=1S/C10H10N/c1-2-11-8-7-9-5-3-4-6-10(9)11/h3-6,8H,2H2,1H3. The van der Waals surface area contributed by atoms with Crippen LogP contribution in [0.2, 0.25) is 0 Å². The molecule has 0 atom stereocenters. The van der Waals surface area contributed by atoms with Crippen LogP contribution >= 0.6 is 0 Å². The Morgan fingerprint density at radius 1 is 1.36 bits per heavy atom. The first-order valence-electron chi connectivity index (χ1n) is 3.87. The molecule has 0 N–H and O–H groups in total. The first kappa shape index (κ1) is 6.47. The van der Waals surface area contributed by atoms with E-state index in [-0.39, 0.29) is 0 Å². The fourth-order valence-corrected chi connectivity index (χ4v) is 1.32. The van der Waals surface area contributed by atoms with Gasteiger partial charge in [0, 0.05) is 29.7 Å². The molecular formula is C10H10N. The SMILES string of the molecule is CCn1c[c]c2ccccc21. The Morgan fingerprint density at radius 2 is 2.18 bits per heavy atom. The van der Waals surface area contributed by atoms with Gasteiger partial charge in [-0.1, -0.05) is 18.2 Å². The zero-order chi connectivity index (χ0) is 7.68. The van der Waals surface area contributed by atoms with Gasteiger partial charge in [0.05, 0.1) is 0 Å². The summed E-state index contributed by atoms with van der Waals surface area (Å²) in [7, 11) is 0. The van der Waals surface area contributed by atoms with Crippen LogP contribution in [-0.4, -0.2) is 4.57 Å². The lowest BCUT2D eigenvalue weighted by Crippen LogP contribution is -1.89. The summed E-state index contributed by atoms with van der Waals surface area (Å²) in [6.45, 7) is 3.16. The summed E-state index contributed by atoms with van der Waals surface area (Å²) >= 11 is 0. The minimum Gasteiger partial charge on any atom is -0.347 e. The molecule has 0 aliphatic carbocycles. The van der Waals surface area contributed by atoms with Crippen LogP contribution in [-0.2, 0) is 6.54 Å². The smallest absolute Gasteiger partial charge is 0.0486 e. The maximum Gasteiger partial charge on any atom is 0.0486 e. The number of rotatable bonds is 1. The van der Waals surface area contributed by atoms with Crippen molar-refractivity contribution in [2.45, 2.75) is 13.5 Å². The van der Waals surface area contributed by atoms with Crippen LogP contribution in [0.3, 0.4) is 0 Å². The first-order chi connectivity index (χ1) is 5.42. The third kappa shape index (κ3) is 0.929. The Balaban J connectivity index is 2.76. The number of benzene rings is 1. The zero-order valence-electron chi connectivity index (χ0n) is 6.54. The number of nitrogens with zero attached hydrogens (tertiary/aromatic N) is 1. The molecule has 2 aromatic rings. The van der Waals surface area contributed by atoms with E-state index in [2.05, 4.69) is 35.8 Å². The molecule has 2 rings (SSSR count). The lowest BCUT2D eigenvalue weighted by atomic mass is 10.2. The molecule has 0 fully saturated rings. The monoisotopic (exact) mass is 144 g/mol. The lowest BCUT2D eigenvalue weighted by molar-refractivity contribution is 0.797. The van der Waals surface area contributed by atoms with Crippen LogP contribution in [0.5, 0.6) is 0 Å². The molecule has 0 aliphatic rings. The van der Waals surface area contributed by atoms with Gasteiger partial charge in [0.15, 0.2) is 0 Å². The Labute approximate surface area is 66.3 Å².